The first-order valence-electron chi connectivity index (χ1n) is 9.97. The van der Waals surface area contributed by atoms with Crippen molar-refractivity contribution in [3.8, 4) is 0 Å². The Morgan fingerprint density at radius 2 is 1.68 bits per heavy atom. The minimum Gasteiger partial charge on any atom is -0.341 e. The van der Waals surface area contributed by atoms with E-state index in [9.17, 15) is 13.2 Å². The topological polar surface area (TPSA) is 66.5 Å². The minimum atomic E-state index is -3.37. The van der Waals surface area contributed by atoms with E-state index in [1.54, 1.807) is 30.3 Å². The third kappa shape index (κ3) is 4.45. The fraction of sp³-hybridized carbons (Fsp3) is 0.208. The summed E-state index contributed by atoms with van der Waals surface area (Å²) in [6, 6.07) is 21.8. The van der Waals surface area contributed by atoms with Crippen molar-refractivity contribution in [3.63, 3.8) is 0 Å². The van der Waals surface area contributed by atoms with Crippen LogP contribution in [-0.2, 0) is 16.4 Å². The Kier molecular flexibility index (Phi) is 5.77. The van der Waals surface area contributed by atoms with Crippen LogP contribution in [0.5, 0.6) is 0 Å². The second kappa shape index (κ2) is 8.36. The van der Waals surface area contributed by atoms with Crippen LogP contribution in [0, 0.1) is 0 Å². The van der Waals surface area contributed by atoms with Crippen LogP contribution in [-0.4, -0.2) is 26.6 Å². The van der Waals surface area contributed by atoms with Crippen molar-refractivity contribution >= 4 is 33.2 Å². The molecule has 0 aliphatic carbocycles. The molecule has 7 heteroatoms. The van der Waals surface area contributed by atoms with Crippen LogP contribution in [0.4, 0.5) is 5.69 Å². The minimum absolute atomic E-state index is 0.172. The first-order chi connectivity index (χ1) is 14.7. The van der Waals surface area contributed by atoms with Gasteiger partial charge in [0.2, 0.25) is 10.0 Å². The number of carbonyl (C=O) groups is 1. The smallest absolute Gasteiger partial charge is 0.252 e. The highest BCUT2D eigenvalue weighted by Gasteiger charge is 2.33. The third-order valence-corrected chi connectivity index (χ3v) is 6.99. The highest BCUT2D eigenvalue weighted by Crippen LogP contribution is 2.35. The maximum atomic E-state index is 13.2. The van der Waals surface area contributed by atoms with Gasteiger partial charge in [-0.25, -0.2) is 8.42 Å². The second-order valence-corrected chi connectivity index (χ2v) is 10.1. The van der Waals surface area contributed by atoms with Crippen LogP contribution in [0.25, 0.3) is 0 Å². The van der Waals surface area contributed by atoms with Gasteiger partial charge in [-0.05, 0) is 60.4 Å². The number of rotatable bonds is 5. The summed E-state index contributed by atoms with van der Waals surface area (Å²) in [4.78, 5) is 13.2. The predicted octanol–water partition coefficient (Wildman–Crippen LogP) is 4.57. The molecule has 1 amide bonds. The lowest BCUT2D eigenvalue weighted by atomic mass is 9.98. The second-order valence-electron chi connectivity index (χ2n) is 7.82. The number of nitrogens with one attached hydrogen (secondary N) is 1. The fourth-order valence-corrected chi connectivity index (χ4v) is 5.51. The van der Waals surface area contributed by atoms with E-state index in [2.05, 4.69) is 5.32 Å². The standard InChI is InChI=1S/C24H23ClN2O3S/c1-16-14-20-15-19(10-13-22(20)27(16)31(2,29)30)24(28)26-23(17-6-4-3-5-7-17)18-8-11-21(25)12-9-18/h3-13,15-16,23H,14H2,1-2H3,(H,26,28). The van der Waals surface area contributed by atoms with E-state index < -0.39 is 10.0 Å². The number of carbonyl (C=O) groups excluding carboxylic acids is 1. The van der Waals surface area contributed by atoms with E-state index in [-0.39, 0.29) is 18.0 Å². The van der Waals surface area contributed by atoms with Gasteiger partial charge in [0.15, 0.2) is 0 Å². The van der Waals surface area contributed by atoms with Gasteiger partial charge < -0.3 is 5.32 Å². The lowest BCUT2D eigenvalue weighted by molar-refractivity contribution is 0.0943. The zero-order valence-corrected chi connectivity index (χ0v) is 18.8. The molecule has 1 aliphatic heterocycles. The predicted molar refractivity (Wildman–Crippen MR) is 124 cm³/mol. The Balaban J connectivity index is 1.64. The molecule has 3 aromatic carbocycles. The van der Waals surface area contributed by atoms with Crippen LogP contribution >= 0.6 is 11.6 Å². The Bertz CT molecular complexity index is 1210. The molecule has 160 valence electrons. The number of halogens is 1. The molecule has 0 saturated heterocycles. The van der Waals surface area contributed by atoms with Gasteiger partial charge in [-0.1, -0.05) is 54.1 Å². The number of sulfonamides is 1. The van der Waals surface area contributed by atoms with Gasteiger partial charge in [-0.15, -0.1) is 0 Å². The number of anilines is 1. The molecular formula is C24H23ClN2O3S. The number of nitrogens with zero attached hydrogens (tertiary/aromatic N) is 1. The van der Waals surface area contributed by atoms with Gasteiger partial charge in [-0.2, -0.15) is 0 Å². The molecule has 4 rings (SSSR count). The maximum absolute atomic E-state index is 13.2. The van der Waals surface area contributed by atoms with Crippen LogP contribution < -0.4 is 9.62 Å². The molecule has 1 N–H and O–H groups in total. The van der Waals surface area contributed by atoms with Crippen molar-refractivity contribution in [2.75, 3.05) is 10.6 Å². The molecule has 5 nitrogen and oxygen atoms in total. The SMILES string of the molecule is CC1Cc2cc(C(=O)NC(c3ccccc3)c3ccc(Cl)cc3)ccc2N1S(C)(=O)=O. The number of benzene rings is 3. The van der Waals surface area contributed by atoms with E-state index in [0.29, 0.717) is 22.7 Å². The molecule has 0 saturated carbocycles. The molecule has 0 aromatic heterocycles. The molecule has 3 aromatic rings. The van der Waals surface area contributed by atoms with Gasteiger partial charge in [0.05, 0.1) is 18.0 Å². The van der Waals surface area contributed by atoms with Gasteiger partial charge in [0.1, 0.15) is 0 Å². The lowest BCUT2D eigenvalue weighted by Crippen LogP contribution is -2.34. The van der Waals surface area contributed by atoms with Crippen molar-refractivity contribution < 1.29 is 13.2 Å². The van der Waals surface area contributed by atoms with E-state index in [0.717, 1.165) is 16.7 Å². The van der Waals surface area contributed by atoms with Crippen molar-refractivity contribution in [2.24, 2.45) is 0 Å². The highest BCUT2D eigenvalue weighted by molar-refractivity contribution is 7.92. The van der Waals surface area contributed by atoms with Crippen LogP contribution in [0.1, 0.15) is 40.0 Å². The van der Waals surface area contributed by atoms with Crippen molar-refractivity contribution in [1.29, 1.82) is 0 Å². The summed E-state index contributed by atoms with van der Waals surface area (Å²) in [6.07, 6.45) is 1.78. The first kappa shape index (κ1) is 21.4. The Morgan fingerprint density at radius 1 is 1.03 bits per heavy atom. The molecular weight excluding hydrogens is 432 g/mol. The Hall–Kier alpha value is -2.83. The summed E-state index contributed by atoms with van der Waals surface area (Å²) in [5, 5.41) is 3.75. The molecule has 2 atom stereocenters. The fourth-order valence-electron chi connectivity index (χ4n) is 4.12. The van der Waals surface area contributed by atoms with E-state index in [1.165, 1.54) is 10.6 Å². The molecule has 0 radical (unpaired) electrons. The molecule has 1 aliphatic rings. The largest absolute Gasteiger partial charge is 0.341 e. The maximum Gasteiger partial charge on any atom is 0.252 e. The van der Waals surface area contributed by atoms with Crippen LogP contribution in [0.2, 0.25) is 5.02 Å². The number of amides is 1. The molecule has 0 fully saturated rings. The van der Waals surface area contributed by atoms with Gasteiger partial charge in [0.25, 0.3) is 5.91 Å². The van der Waals surface area contributed by atoms with Gasteiger partial charge in [0, 0.05) is 16.6 Å². The van der Waals surface area contributed by atoms with Crippen molar-refractivity contribution in [3.05, 3.63) is 100 Å². The van der Waals surface area contributed by atoms with E-state index >= 15 is 0 Å². The average Bonchev–Trinajstić information content (AvgIpc) is 3.08. The summed E-state index contributed by atoms with van der Waals surface area (Å²) in [5.74, 6) is -0.225. The summed E-state index contributed by atoms with van der Waals surface area (Å²) >= 11 is 6.04. The van der Waals surface area contributed by atoms with Crippen LogP contribution in [0.3, 0.4) is 0 Å². The molecule has 0 bridgehead atoms. The van der Waals surface area contributed by atoms with Gasteiger partial charge in [-0.3, -0.25) is 9.10 Å². The quantitative estimate of drug-likeness (QED) is 0.614. The number of hydrogen-bond donors (Lipinski definition) is 1. The summed E-state index contributed by atoms with van der Waals surface area (Å²) < 4.78 is 25.7. The number of fused-ring (bicyclic) bond motifs is 1. The van der Waals surface area contributed by atoms with Crippen LogP contribution in [0.15, 0.2) is 72.8 Å². The first-order valence-corrected chi connectivity index (χ1v) is 12.2. The monoisotopic (exact) mass is 454 g/mol. The third-order valence-electron chi connectivity index (χ3n) is 5.46. The normalized spacial score (nSPS) is 16.6. The van der Waals surface area contributed by atoms with Crippen molar-refractivity contribution in [1.82, 2.24) is 5.32 Å². The zero-order chi connectivity index (χ0) is 22.2. The zero-order valence-electron chi connectivity index (χ0n) is 17.2. The lowest BCUT2D eigenvalue weighted by Gasteiger charge is -2.22. The molecule has 1 heterocycles. The van der Waals surface area contributed by atoms with Gasteiger partial charge >= 0.3 is 0 Å². The average molecular weight is 455 g/mol. The van der Waals surface area contributed by atoms with E-state index in [1.807, 2.05) is 49.4 Å². The molecule has 31 heavy (non-hydrogen) atoms. The summed E-state index contributed by atoms with van der Waals surface area (Å²) in [6.45, 7) is 1.87. The molecule has 0 spiro atoms. The summed E-state index contributed by atoms with van der Waals surface area (Å²) in [5.41, 5.74) is 3.87. The summed E-state index contributed by atoms with van der Waals surface area (Å²) in [7, 11) is -3.37. The Labute approximate surface area is 187 Å². The highest BCUT2D eigenvalue weighted by atomic mass is 35.5. The number of hydrogen-bond acceptors (Lipinski definition) is 3. The molecule has 2 unspecified atom stereocenters. The van der Waals surface area contributed by atoms with E-state index in [4.69, 9.17) is 11.6 Å². The van der Waals surface area contributed by atoms with Crippen molar-refractivity contribution in [2.45, 2.75) is 25.4 Å². The Morgan fingerprint density at radius 3 is 2.32 bits per heavy atom.